The summed E-state index contributed by atoms with van der Waals surface area (Å²) in [7, 11) is 0. The van der Waals surface area contributed by atoms with Crippen molar-refractivity contribution in [1.82, 2.24) is 10.2 Å². The first-order valence-electron chi connectivity index (χ1n) is 6.44. The predicted molar refractivity (Wildman–Crippen MR) is 66.5 cm³/mol. The van der Waals surface area contributed by atoms with E-state index < -0.39 is 12.0 Å². The molecule has 0 aromatic rings. The average Bonchev–Trinajstić information content (AvgIpc) is 2.34. The van der Waals surface area contributed by atoms with Crippen LogP contribution in [0, 0.1) is 0 Å². The summed E-state index contributed by atoms with van der Waals surface area (Å²) in [5.74, 6) is -0.974. The van der Waals surface area contributed by atoms with Gasteiger partial charge in [-0.1, -0.05) is 19.8 Å². The summed E-state index contributed by atoms with van der Waals surface area (Å²) < 4.78 is 5.24. The first kappa shape index (κ1) is 14.8. The smallest absolute Gasteiger partial charge is 0.326 e. The normalized spacial score (nSPS) is 21.4. The van der Waals surface area contributed by atoms with Crippen molar-refractivity contribution in [1.29, 1.82) is 0 Å². The Hall–Kier alpha value is -1.30. The number of carboxylic acid groups (broad SMARTS) is 1. The van der Waals surface area contributed by atoms with Crippen molar-refractivity contribution in [3.05, 3.63) is 0 Å². The molecule has 1 fully saturated rings. The van der Waals surface area contributed by atoms with Crippen molar-refractivity contribution in [2.45, 2.75) is 45.2 Å². The second kappa shape index (κ2) is 7.20. The van der Waals surface area contributed by atoms with Gasteiger partial charge in [0.15, 0.2) is 0 Å². The number of unbranched alkanes of at least 4 members (excludes halogenated alkanes) is 1. The van der Waals surface area contributed by atoms with E-state index in [0.29, 0.717) is 26.2 Å². The quantitative estimate of drug-likeness (QED) is 0.773. The number of carbonyl (C=O) groups excluding carboxylic acids is 1. The third kappa shape index (κ3) is 4.18. The van der Waals surface area contributed by atoms with Gasteiger partial charge in [0.25, 0.3) is 0 Å². The maximum absolute atomic E-state index is 12.0. The first-order valence-corrected chi connectivity index (χ1v) is 6.44. The number of aliphatic carboxylic acids is 1. The summed E-state index contributed by atoms with van der Waals surface area (Å²) in [4.78, 5) is 24.7. The third-order valence-corrected chi connectivity index (χ3v) is 3.07. The molecule has 1 aliphatic rings. The lowest BCUT2D eigenvalue weighted by atomic mass is 10.1. The molecule has 2 amide bonds. The molecular formula is C12H22N2O4. The minimum atomic E-state index is -0.974. The van der Waals surface area contributed by atoms with Crippen LogP contribution < -0.4 is 5.32 Å². The highest BCUT2D eigenvalue weighted by Crippen LogP contribution is 2.08. The number of nitrogens with zero attached hydrogens (tertiary/aromatic N) is 1. The van der Waals surface area contributed by atoms with Crippen LogP contribution in [-0.2, 0) is 9.53 Å². The van der Waals surface area contributed by atoms with E-state index in [9.17, 15) is 9.59 Å². The van der Waals surface area contributed by atoms with Gasteiger partial charge in [0.05, 0.1) is 19.3 Å². The van der Waals surface area contributed by atoms with Crippen LogP contribution in [0.3, 0.4) is 0 Å². The number of carboxylic acids is 1. The fourth-order valence-electron chi connectivity index (χ4n) is 1.93. The van der Waals surface area contributed by atoms with Gasteiger partial charge in [-0.3, -0.25) is 0 Å². The topological polar surface area (TPSA) is 78.9 Å². The van der Waals surface area contributed by atoms with Gasteiger partial charge in [-0.2, -0.15) is 0 Å². The Morgan fingerprint density at radius 3 is 2.83 bits per heavy atom. The summed E-state index contributed by atoms with van der Waals surface area (Å²) in [5.41, 5.74) is 0. The van der Waals surface area contributed by atoms with Crippen LogP contribution in [0.25, 0.3) is 0 Å². The summed E-state index contributed by atoms with van der Waals surface area (Å²) in [6.45, 7) is 5.39. The lowest BCUT2D eigenvalue weighted by molar-refractivity contribution is -0.139. The minimum Gasteiger partial charge on any atom is -0.480 e. The van der Waals surface area contributed by atoms with E-state index in [0.717, 1.165) is 12.8 Å². The first-order chi connectivity index (χ1) is 8.56. The fourth-order valence-corrected chi connectivity index (χ4v) is 1.93. The molecule has 1 saturated heterocycles. The third-order valence-electron chi connectivity index (χ3n) is 3.07. The fraction of sp³-hybridized carbons (Fsp3) is 0.833. The molecule has 2 N–H and O–H groups in total. The summed E-state index contributed by atoms with van der Waals surface area (Å²) in [6, 6.07) is -1.12. The van der Waals surface area contributed by atoms with Crippen LogP contribution >= 0.6 is 0 Å². The molecule has 18 heavy (non-hydrogen) atoms. The molecule has 0 bridgehead atoms. The summed E-state index contributed by atoms with van der Waals surface area (Å²) >= 11 is 0. The SMILES string of the molecule is CCCCC(NC(=O)N1CCOCC1C)C(=O)O. The van der Waals surface area contributed by atoms with Crippen molar-refractivity contribution in [3.8, 4) is 0 Å². The van der Waals surface area contributed by atoms with E-state index in [-0.39, 0.29) is 12.1 Å². The Morgan fingerprint density at radius 2 is 2.28 bits per heavy atom. The van der Waals surface area contributed by atoms with Gasteiger partial charge in [0.2, 0.25) is 0 Å². The molecule has 6 heteroatoms. The van der Waals surface area contributed by atoms with E-state index in [1.165, 1.54) is 0 Å². The van der Waals surface area contributed by atoms with Gasteiger partial charge in [-0.15, -0.1) is 0 Å². The standard InChI is InChI=1S/C12H22N2O4/c1-3-4-5-10(11(15)16)13-12(17)14-6-7-18-8-9(14)2/h9-10H,3-8H2,1-2H3,(H,13,17)(H,15,16). The van der Waals surface area contributed by atoms with Crippen molar-refractivity contribution in [2.75, 3.05) is 19.8 Å². The zero-order chi connectivity index (χ0) is 13.5. The van der Waals surface area contributed by atoms with Gasteiger partial charge in [0, 0.05) is 6.54 Å². The van der Waals surface area contributed by atoms with Crippen LogP contribution in [0.4, 0.5) is 4.79 Å². The highest BCUT2D eigenvalue weighted by atomic mass is 16.5. The van der Waals surface area contributed by atoms with Gasteiger partial charge in [-0.05, 0) is 13.3 Å². The predicted octanol–water partition coefficient (Wildman–Crippen LogP) is 1.06. The Labute approximate surface area is 107 Å². The number of hydrogen-bond acceptors (Lipinski definition) is 3. The largest absolute Gasteiger partial charge is 0.480 e. The number of hydrogen-bond donors (Lipinski definition) is 2. The lowest BCUT2D eigenvalue weighted by Gasteiger charge is -2.34. The lowest BCUT2D eigenvalue weighted by Crippen LogP contribution is -2.54. The minimum absolute atomic E-state index is 0.0145. The number of urea groups is 1. The zero-order valence-electron chi connectivity index (χ0n) is 11.0. The van der Waals surface area contributed by atoms with Crippen LogP contribution in [0.5, 0.6) is 0 Å². The van der Waals surface area contributed by atoms with E-state index in [2.05, 4.69) is 5.32 Å². The highest BCUT2D eigenvalue weighted by Gasteiger charge is 2.27. The molecule has 6 nitrogen and oxygen atoms in total. The number of carbonyl (C=O) groups is 2. The highest BCUT2D eigenvalue weighted by molar-refractivity contribution is 5.82. The summed E-state index contributed by atoms with van der Waals surface area (Å²) in [5, 5.41) is 11.6. The molecule has 0 aromatic heterocycles. The van der Waals surface area contributed by atoms with E-state index in [1.807, 2.05) is 13.8 Å². The molecule has 0 aromatic carbocycles. The second-order valence-electron chi connectivity index (χ2n) is 4.60. The van der Waals surface area contributed by atoms with Crippen molar-refractivity contribution < 1.29 is 19.4 Å². The maximum Gasteiger partial charge on any atom is 0.326 e. The maximum atomic E-state index is 12.0. The molecule has 0 radical (unpaired) electrons. The van der Waals surface area contributed by atoms with Crippen LogP contribution in [0.2, 0.25) is 0 Å². The summed E-state index contributed by atoms with van der Waals surface area (Å²) in [6.07, 6.45) is 2.17. The van der Waals surface area contributed by atoms with Gasteiger partial charge in [0.1, 0.15) is 6.04 Å². The van der Waals surface area contributed by atoms with E-state index >= 15 is 0 Å². The number of nitrogens with one attached hydrogen (secondary N) is 1. The zero-order valence-corrected chi connectivity index (χ0v) is 11.0. The number of rotatable bonds is 5. The molecular weight excluding hydrogens is 236 g/mol. The molecule has 2 atom stereocenters. The van der Waals surface area contributed by atoms with Gasteiger partial charge >= 0.3 is 12.0 Å². The molecule has 1 heterocycles. The molecule has 1 rings (SSSR count). The van der Waals surface area contributed by atoms with E-state index in [1.54, 1.807) is 4.90 Å². The molecule has 0 spiro atoms. The second-order valence-corrected chi connectivity index (χ2v) is 4.60. The van der Waals surface area contributed by atoms with Crippen molar-refractivity contribution in [2.24, 2.45) is 0 Å². The van der Waals surface area contributed by atoms with Crippen LogP contribution in [0.1, 0.15) is 33.1 Å². The number of morpholine rings is 1. The Morgan fingerprint density at radius 1 is 1.56 bits per heavy atom. The van der Waals surface area contributed by atoms with E-state index in [4.69, 9.17) is 9.84 Å². The molecule has 2 unspecified atom stereocenters. The number of amides is 2. The van der Waals surface area contributed by atoms with Crippen molar-refractivity contribution >= 4 is 12.0 Å². The molecule has 104 valence electrons. The van der Waals surface area contributed by atoms with Crippen LogP contribution in [0.15, 0.2) is 0 Å². The molecule has 1 aliphatic heterocycles. The Kier molecular flexibility index (Phi) is 5.91. The Bertz CT molecular complexity index is 296. The average molecular weight is 258 g/mol. The van der Waals surface area contributed by atoms with Crippen molar-refractivity contribution in [3.63, 3.8) is 0 Å². The van der Waals surface area contributed by atoms with Gasteiger partial charge in [-0.25, -0.2) is 9.59 Å². The van der Waals surface area contributed by atoms with Crippen LogP contribution in [-0.4, -0.2) is 53.8 Å². The molecule has 0 aliphatic carbocycles. The monoisotopic (exact) mass is 258 g/mol. The van der Waals surface area contributed by atoms with Gasteiger partial charge < -0.3 is 20.1 Å². The molecule has 0 saturated carbocycles. The number of ether oxygens (including phenoxy) is 1. The Balaban J connectivity index is 2.51.